The Morgan fingerprint density at radius 3 is 2.70 bits per heavy atom. The zero-order chi connectivity index (χ0) is 7.98. The van der Waals surface area contributed by atoms with Gasteiger partial charge in [0, 0.05) is 12.8 Å². The Labute approximate surface area is 65.3 Å². The Hall–Kier alpha value is -0.670. The Morgan fingerprint density at radius 1 is 1.80 bits per heavy atom. The number of halogens is 1. The number of hydrogen-bond donors (Lipinski definition) is 1. The van der Waals surface area contributed by atoms with Gasteiger partial charge in [0.25, 0.3) is 0 Å². The van der Waals surface area contributed by atoms with Crippen LogP contribution in [-0.2, 0) is 0 Å². The van der Waals surface area contributed by atoms with E-state index in [4.69, 9.17) is 17.3 Å². The summed E-state index contributed by atoms with van der Waals surface area (Å²) < 4.78 is 0. The molecule has 0 radical (unpaired) electrons. The van der Waals surface area contributed by atoms with E-state index >= 15 is 0 Å². The van der Waals surface area contributed by atoms with Crippen molar-refractivity contribution in [3.8, 4) is 0 Å². The highest BCUT2D eigenvalue weighted by Gasteiger charge is 1.95. The molecule has 10 heavy (non-hydrogen) atoms. The van der Waals surface area contributed by atoms with Gasteiger partial charge in [0.2, 0.25) is 0 Å². The van der Waals surface area contributed by atoms with Crippen LogP contribution in [0.4, 0.5) is 0 Å². The molecule has 56 valence electrons. The van der Waals surface area contributed by atoms with Gasteiger partial charge in [-0.25, -0.2) is 4.99 Å². The van der Waals surface area contributed by atoms with Crippen LogP contribution in [-0.4, -0.2) is 19.5 Å². The van der Waals surface area contributed by atoms with Crippen molar-refractivity contribution >= 4 is 24.5 Å². The third kappa shape index (κ3) is 2.75. The van der Waals surface area contributed by atoms with Crippen LogP contribution in [0, 0.1) is 0 Å². The lowest BCUT2D eigenvalue weighted by atomic mass is 10.5. The zero-order valence-electron chi connectivity index (χ0n) is 5.84. The fraction of sp³-hybridized carbons (Fsp3) is 0.333. The standard InChI is InChI=1S/C6H10ClN3/c1-3-10-6(7)5(4-8)9-2/h3H,2,4,8H2,1H3/b6-5-,10-3-. The van der Waals surface area contributed by atoms with Crippen molar-refractivity contribution in [2.45, 2.75) is 6.92 Å². The van der Waals surface area contributed by atoms with Crippen LogP contribution in [0.25, 0.3) is 0 Å². The minimum absolute atomic E-state index is 0.264. The smallest absolute Gasteiger partial charge is 0.151 e. The summed E-state index contributed by atoms with van der Waals surface area (Å²) in [5.74, 6) is 0. The third-order valence-electron chi connectivity index (χ3n) is 0.865. The Balaban J connectivity index is 4.42. The molecule has 0 rings (SSSR count). The van der Waals surface area contributed by atoms with E-state index in [1.54, 1.807) is 13.1 Å². The van der Waals surface area contributed by atoms with E-state index in [1.807, 2.05) is 0 Å². The van der Waals surface area contributed by atoms with Crippen LogP contribution in [0.2, 0.25) is 0 Å². The Morgan fingerprint density at radius 2 is 2.40 bits per heavy atom. The first kappa shape index (κ1) is 9.33. The molecule has 0 aromatic carbocycles. The SMILES string of the molecule is C=N/C(CN)=C(Cl)\N=C/C. The predicted molar refractivity (Wildman–Crippen MR) is 45.6 cm³/mol. The number of aliphatic imine (C=N–C) groups is 2. The van der Waals surface area contributed by atoms with Gasteiger partial charge in [0.1, 0.15) is 0 Å². The molecule has 4 heteroatoms. The maximum Gasteiger partial charge on any atom is 0.151 e. The summed E-state index contributed by atoms with van der Waals surface area (Å²) in [4.78, 5) is 7.36. The maximum atomic E-state index is 5.62. The second-order valence-corrected chi connectivity index (χ2v) is 1.85. The molecule has 0 atom stereocenters. The molecule has 0 aliphatic rings. The normalized spacial score (nSPS) is 13.5. The zero-order valence-corrected chi connectivity index (χ0v) is 6.60. The minimum atomic E-state index is 0.264. The van der Waals surface area contributed by atoms with E-state index in [1.165, 1.54) is 0 Å². The van der Waals surface area contributed by atoms with Gasteiger partial charge in [-0.05, 0) is 13.6 Å². The van der Waals surface area contributed by atoms with Crippen molar-refractivity contribution in [1.29, 1.82) is 0 Å². The van der Waals surface area contributed by atoms with Crippen LogP contribution in [0.1, 0.15) is 6.92 Å². The summed E-state index contributed by atoms with van der Waals surface area (Å²) in [6, 6.07) is 0. The second-order valence-electron chi connectivity index (χ2n) is 1.49. The molecule has 0 spiro atoms. The van der Waals surface area contributed by atoms with Crippen molar-refractivity contribution in [1.82, 2.24) is 0 Å². The molecule has 0 fully saturated rings. The molecule has 0 aromatic heterocycles. The summed E-state index contributed by atoms with van der Waals surface area (Å²) in [6.45, 7) is 5.32. The molecule has 2 N–H and O–H groups in total. The molecule has 0 saturated heterocycles. The minimum Gasteiger partial charge on any atom is -0.325 e. The van der Waals surface area contributed by atoms with Gasteiger partial charge in [-0.3, -0.25) is 4.99 Å². The highest BCUT2D eigenvalue weighted by molar-refractivity contribution is 6.30. The van der Waals surface area contributed by atoms with Crippen molar-refractivity contribution in [3.63, 3.8) is 0 Å². The molecule has 0 saturated carbocycles. The first-order valence-electron chi connectivity index (χ1n) is 2.80. The van der Waals surface area contributed by atoms with Gasteiger partial charge in [0.05, 0.1) is 5.70 Å². The average molecular weight is 160 g/mol. The Kier molecular flexibility index (Phi) is 4.80. The van der Waals surface area contributed by atoms with Crippen molar-refractivity contribution in [3.05, 3.63) is 10.9 Å². The van der Waals surface area contributed by atoms with Crippen LogP contribution in [0.15, 0.2) is 20.8 Å². The molecular weight excluding hydrogens is 150 g/mol. The van der Waals surface area contributed by atoms with Crippen LogP contribution in [0.3, 0.4) is 0 Å². The van der Waals surface area contributed by atoms with Crippen LogP contribution >= 0.6 is 11.6 Å². The number of rotatable bonds is 3. The lowest BCUT2D eigenvalue weighted by Gasteiger charge is -1.95. The molecule has 3 nitrogen and oxygen atoms in total. The van der Waals surface area contributed by atoms with E-state index in [0.29, 0.717) is 10.9 Å². The van der Waals surface area contributed by atoms with E-state index in [9.17, 15) is 0 Å². The highest BCUT2D eigenvalue weighted by atomic mass is 35.5. The summed E-state index contributed by atoms with van der Waals surface area (Å²) in [5.41, 5.74) is 5.78. The molecule has 0 unspecified atom stereocenters. The van der Waals surface area contributed by atoms with Gasteiger partial charge in [-0.15, -0.1) is 0 Å². The van der Waals surface area contributed by atoms with Gasteiger partial charge in [0.15, 0.2) is 5.16 Å². The molecular formula is C6H10ClN3. The van der Waals surface area contributed by atoms with E-state index in [2.05, 4.69) is 16.7 Å². The average Bonchev–Trinajstić information content (AvgIpc) is 1.91. The first-order chi connectivity index (χ1) is 4.76. The van der Waals surface area contributed by atoms with Crippen LogP contribution in [0.5, 0.6) is 0 Å². The quantitative estimate of drug-likeness (QED) is 0.488. The molecule has 0 aromatic rings. The van der Waals surface area contributed by atoms with Crippen molar-refractivity contribution < 1.29 is 0 Å². The van der Waals surface area contributed by atoms with Crippen molar-refractivity contribution in [2.75, 3.05) is 6.54 Å². The molecule has 0 heterocycles. The molecule has 0 aliphatic heterocycles. The van der Waals surface area contributed by atoms with Gasteiger partial charge < -0.3 is 5.73 Å². The molecule has 0 bridgehead atoms. The first-order valence-corrected chi connectivity index (χ1v) is 3.18. The van der Waals surface area contributed by atoms with Crippen molar-refractivity contribution in [2.24, 2.45) is 15.7 Å². The monoisotopic (exact) mass is 159 g/mol. The third-order valence-corrected chi connectivity index (χ3v) is 1.18. The van der Waals surface area contributed by atoms with E-state index in [0.717, 1.165) is 0 Å². The topological polar surface area (TPSA) is 50.7 Å². The Bertz CT molecular complexity index is 172. The van der Waals surface area contributed by atoms with Gasteiger partial charge >= 0.3 is 0 Å². The van der Waals surface area contributed by atoms with E-state index in [-0.39, 0.29) is 6.54 Å². The number of nitrogens with two attached hydrogens (primary N) is 1. The van der Waals surface area contributed by atoms with E-state index < -0.39 is 0 Å². The van der Waals surface area contributed by atoms with Gasteiger partial charge in [-0.1, -0.05) is 11.6 Å². The van der Waals surface area contributed by atoms with Gasteiger partial charge in [-0.2, -0.15) is 0 Å². The largest absolute Gasteiger partial charge is 0.325 e. The highest BCUT2D eigenvalue weighted by Crippen LogP contribution is 2.09. The summed E-state index contributed by atoms with van der Waals surface area (Å²) in [7, 11) is 0. The molecule has 0 aliphatic carbocycles. The second kappa shape index (κ2) is 5.14. The summed E-state index contributed by atoms with van der Waals surface area (Å²) in [6.07, 6.45) is 1.57. The lowest BCUT2D eigenvalue weighted by molar-refractivity contribution is 1.09. The molecule has 0 amide bonds. The fourth-order valence-electron chi connectivity index (χ4n) is 0.402. The fourth-order valence-corrected chi connectivity index (χ4v) is 0.636. The summed E-state index contributed by atoms with van der Waals surface area (Å²) >= 11 is 5.62. The van der Waals surface area contributed by atoms with Crippen LogP contribution < -0.4 is 5.73 Å². The lowest BCUT2D eigenvalue weighted by Crippen LogP contribution is -2.01. The predicted octanol–water partition coefficient (Wildman–Crippen LogP) is 1.14. The number of hydrogen-bond acceptors (Lipinski definition) is 3. The maximum absolute atomic E-state index is 5.62. The summed E-state index contributed by atoms with van der Waals surface area (Å²) in [5, 5.41) is 0.306. The number of nitrogens with zero attached hydrogens (tertiary/aromatic N) is 2.